The van der Waals surface area contributed by atoms with E-state index in [2.05, 4.69) is 121 Å². The summed E-state index contributed by atoms with van der Waals surface area (Å²) < 4.78 is 0. The van der Waals surface area contributed by atoms with Crippen molar-refractivity contribution in [2.45, 2.75) is 0 Å². The minimum absolute atomic E-state index is 0.512. The molecule has 5 heteroatoms. The van der Waals surface area contributed by atoms with Gasteiger partial charge in [0.15, 0.2) is 17.5 Å². The van der Waals surface area contributed by atoms with Gasteiger partial charge in [0.1, 0.15) is 5.69 Å². The van der Waals surface area contributed by atoms with E-state index in [1.807, 2.05) is 42.6 Å². The normalized spacial score (nSPS) is 11.6. The third-order valence-electron chi connectivity index (χ3n) is 9.54. The molecular weight excluding hydrogens is 611 g/mol. The van der Waals surface area contributed by atoms with E-state index in [9.17, 15) is 0 Å². The number of benzene rings is 7. The van der Waals surface area contributed by atoms with E-state index in [1.165, 1.54) is 10.8 Å². The van der Waals surface area contributed by atoms with E-state index in [0.717, 1.165) is 65.6 Å². The highest BCUT2D eigenvalue weighted by Gasteiger charge is 2.19. The predicted molar refractivity (Wildman–Crippen MR) is 205 cm³/mol. The van der Waals surface area contributed by atoms with Gasteiger partial charge >= 0.3 is 0 Å². The van der Waals surface area contributed by atoms with Crippen LogP contribution in [-0.2, 0) is 0 Å². The smallest absolute Gasteiger partial charge is 0.182 e. The van der Waals surface area contributed by atoms with Crippen molar-refractivity contribution in [1.29, 1.82) is 0 Å². The third-order valence-corrected chi connectivity index (χ3v) is 9.54. The molecule has 0 amide bonds. The van der Waals surface area contributed by atoms with Crippen LogP contribution in [0.3, 0.4) is 0 Å². The van der Waals surface area contributed by atoms with Crippen LogP contribution >= 0.6 is 0 Å². The molecule has 0 atom stereocenters. The van der Waals surface area contributed by atoms with E-state index in [4.69, 9.17) is 24.9 Å². The quantitative estimate of drug-likeness (QED) is 0.180. The molecule has 3 heterocycles. The van der Waals surface area contributed by atoms with E-state index >= 15 is 0 Å². The second-order valence-corrected chi connectivity index (χ2v) is 12.5. The Morgan fingerprint density at radius 2 is 0.800 bits per heavy atom. The van der Waals surface area contributed by atoms with Gasteiger partial charge in [0.05, 0.1) is 11.2 Å². The molecule has 0 aliphatic heterocycles. The molecule has 50 heavy (non-hydrogen) atoms. The van der Waals surface area contributed by atoms with Crippen molar-refractivity contribution in [3.05, 3.63) is 164 Å². The number of pyridine rings is 2. The average Bonchev–Trinajstić information content (AvgIpc) is 3.20. The molecule has 0 saturated carbocycles. The Hall–Kier alpha value is -6.85. The number of rotatable bonds is 4. The summed E-state index contributed by atoms with van der Waals surface area (Å²) in [4.78, 5) is 25.3. The molecule has 0 saturated heterocycles. The minimum atomic E-state index is 0.512. The third kappa shape index (κ3) is 4.67. The highest BCUT2D eigenvalue weighted by Crippen LogP contribution is 2.37. The number of hydrogen-bond acceptors (Lipinski definition) is 5. The number of fused-ring (bicyclic) bond motifs is 7. The number of para-hydroxylation sites is 1. The minimum Gasteiger partial charge on any atom is -0.252 e. The van der Waals surface area contributed by atoms with Gasteiger partial charge in [-0.25, -0.2) is 19.9 Å². The topological polar surface area (TPSA) is 64.5 Å². The molecule has 5 nitrogen and oxygen atoms in total. The van der Waals surface area contributed by atoms with Gasteiger partial charge in [-0.05, 0) is 79.5 Å². The molecule has 10 aromatic rings. The first kappa shape index (κ1) is 28.2. The van der Waals surface area contributed by atoms with Crippen molar-refractivity contribution in [3.8, 4) is 45.6 Å². The van der Waals surface area contributed by atoms with Crippen molar-refractivity contribution in [2.75, 3.05) is 0 Å². The monoisotopic (exact) mass is 637 g/mol. The molecular formula is C45H27N5. The van der Waals surface area contributed by atoms with E-state index in [0.29, 0.717) is 23.2 Å². The van der Waals surface area contributed by atoms with Gasteiger partial charge in [0, 0.05) is 28.3 Å². The van der Waals surface area contributed by atoms with Crippen molar-refractivity contribution < 1.29 is 0 Å². The van der Waals surface area contributed by atoms with Gasteiger partial charge in [0.2, 0.25) is 0 Å². The number of nitrogens with zero attached hydrogens (tertiary/aromatic N) is 5. The fourth-order valence-corrected chi connectivity index (χ4v) is 7.11. The zero-order valence-corrected chi connectivity index (χ0v) is 26.8. The zero-order valence-electron chi connectivity index (χ0n) is 26.8. The van der Waals surface area contributed by atoms with Crippen LogP contribution in [0.5, 0.6) is 0 Å². The molecule has 0 radical (unpaired) electrons. The van der Waals surface area contributed by atoms with Crippen LogP contribution in [0.25, 0.3) is 99.5 Å². The summed E-state index contributed by atoms with van der Waals surface area (Å²) in [5.74, 6) is 1.72. The zero-order chi connectivity index (χ0) is 33.0. The molecule has 7 aromatic carbocycles. The molecule has 0 aliphatic rings. The van der Waals surface area contributed by atoms with Crippen molar-refractivity contribution in [2.24, 2.45) is 0 Å². The standard InChI is InChI=1S/C45H27N5/c1-4-14-32-29(12-1)25-38(36-18-8-6-16-34(32)36)43-48-44(39-26-30-13-2-5-15-33(30)35-17-7-9-19-37(35)39)50-45(49-43)42-24-22-31(27-46-42)41-23-21-28-11-3-10-20-40(28)47-41/h1-27H. The lowest BCUT2D eigenvalue weighted by atomic mass is 9.96. The molecule has 3 aromatic heterocycles. The number of aromatic nitrogens is 5. The Morgan fingerprint density at radius 1 is 0.320 bits per heavy atom. The lowest BCUT2D eigenvalue weighted by molar-refractivity contribution is 1.06. The molecule has 0 spiro atoms. The van der Waals surface area contributed by atoms with Crippen LogP contribution in [-0.4, -0.2) is 24.9 Å². The predicted octanol–water partition coefficient (Wildman–Crippen LogP) is 11.1. The van der Waals surface area contributed by atoms with E-state index in [1.54, 1.807) is 0 Å². The van der Waals surface area contributed by atoms with Gasteiger partial charge in [-0.3, -0.25) is 4.98 Å². The van der Waals surface area contributed by atoms with Crippen molar-refractivity contribution in [1.82, 2.24) is 24.9 Å². The molecule has 0 bridgehead atoms. The molecule has 232 valence electrons. The van der Waals surface area contributed by atoms with Gasteiger partial charge in [0.25, 0.3) is 0 Å². The van der Waals surface area contributed by atoms with Crippen LogP contribution in [0.4, 0.5) is 0 Å². The maximum Gasteiger partial charge on any atom is 0.182 e. The largest absolute Gasteiger partial charge is 0.252 e. The summed E-state index contributed by atoms with van der Waals surface area (Å²) in [6.45, 7) is 0. The first-order chi connectivity index (χ1) is 24.8. The van der Waals surface area contributed by atoms with Gasteiger partial charge in [-0.2, -0.15) is 0 Å². The summed E-state index contributed by atoms with van der Waals surface area (Å²) in [6, 6.07) is 54.6. The highest BCUT2D eigenvalue weighted by molar-refractivity contribution is 6.14. The number of hydrogen-bond donors (Lipinski definition) is 0. The lowest BCUT2D eigenvalue weighted by Gasteiger charge is -2.14. The fraction of sp³-hybridized carbons (Fsp3) is 0. The second-order valence-electron chi connectivity index (χ2n) is 12.5. The second kappa shape index (κ2) is 11.4. The highest BCUT2D eigenvalue weighted by atomic mass is 15.0. The molecule has 10 rings (SSSR count). The van der Waals surface area contributed by atoms with Crippen molar-refractivity contribution >= 4 is 54.0 Å². The van der Waals surface area contributed by atoms with Gasteiger partial charge in [-0.1, -0.05) is 121 Å². The Morgan fingerprint density at radius 3 is 1.38 bits per heavy atom. The summed E-state index contributed by atoms with van der Waals surface area (Å²) in [5.41, 5.74) is 5.30. The summed E-state index contributed by atoms with van der Waals surface area (Å²) in [6.07, 6.45) is 1.85. The maximum atomic E-state index is 5.25. The van der Waals surface area contributed by atoms with Gasteiger partial charge in [-0.15, -0.1) is 0 Å². The average molecular weight is 638 g/mol. The first-order valence-electron chi connectivity index (χ1n) is 16.7. The summed E-state index contributed by atoms with van der Waals surface area (Å²) >= 11 is 0. The van der Waals surface area contributed by atoms with Crippen LogP contribution in [0.2, 0.25) is 0 Å². The van der Waals surface area contributed by atoms with E-state index in [-0.39, 0.29) is 0 Å². The molecule has 0 unspecified atom stereocenters. The molecule has 0 N–H and O–H groups in total. The van der Waals surface area contributed by atoms with Crippen LogP contribution in [0, 0.1) is 0 Å². The Bertz CT molecular complexity index is 2800. The Labute approximate surface area is 287 Å². The SMILES string of the molecule is c1ccc2nc(-c3ccc(-c4nc(-c5cc6ccccc6c6ccccc56)nc(-c5cc6ccccc6c6ccccc56)n4)nc3)ccc2c1. The molecule has 0 aliphatic carbocycles. The summed E-state index contributed by atoms with van der Waals surface area (Å²) in [5, 5.41) is 10.2. The lowest BCUT2D eigenvalue weighted by Crippen LogP contribution is -2.02. The molecule has 0 fully saturated rings. The Balaban J connectivity index is 1.21. The Kier molecular flexibility index (Phi) is 6.42. The van der Waals surface area contributed by atoms with Crippen LogP contribution in [0.15, 0.2) is 164 Å². The van der Waals surface area contributed by atoms with Crippen LogP contribution < -0.4 is 0 Å². The fourth-order valence-electron chi connectivity index (χ4n) is 7.11. The van der Waals surface area contributed by atoms with Crippen molar-refractivity contribution in [3.63, 3.8) is 0 Å². The first-order valence-corrected chi connectivity index (χ1v) is 16.7. The summed E-state index contributed by atoms with van der Waals surface area (Å²) in [7, 11) is 0. The van der Waals surface area contributed by atoms with Gasteiger partial charge < -0.3 is 0 Å². The van der Waals surface area contributed by atoms with Crippen LogP contribution in [0.1, 0.15) is 0 Å². The maximum absolute atomic E-state index is 5.25. The van der Waals surface area contributed by atoms with E-state index < -0.39 is 0 Å².